The molecule has 0 saturated carbocycles. The van der Waals surface area contributed by atoms with Crippen molar-refractivity contribution in [3.8, 4) is 0 Å². The number of rotatable bonds is 5. The van der Waals surface area contributed by atoms with Crippen molar-refractivity contribution < 1.29 is 9.90 Å². The van der Waals surface area contributed by atoms with Gasteiger partial charge in [0.25, 0.3) is 0 Å². The molecule has 4 nitrogen and oxygen atoms in total. The number of likely N-dealkylation sites (N-methyl/N-ethyl adjacent to an activating group) is 1. The molecule has 17 heavy (non-hydrogen) atoms. The first-order valence-electron chi connectivity index (χ1n) is 5.73. The molecule has 0 fully saturated rings. The van der Waals surface area contributed by atoms with Gasteiger partial charge in [0.05, 0.1) is 13.2 Å². The van der Waals surface area contributed by atoms with E-state index in [9.17, 15) is 4.79 Å². The number of hydrogen-bond donors (Lipinski definition) is 2. The first kappa shape index (κ1) is 13.7. The Bertz CT molecular complexity index is 377. The van der Waals surface area contributed by atoms with Crippen LogP contribution in [0.15, 0.2) is 24.3 Å². The Labute approximate surface area is 102 Å². The predicted octanol–water partition coefficient (Wildman–Crippen LogP) is 1.46. The van der Waals surface area contributed by atoms with Crippen molar-refractivity contribution in [1.82, 2.24) is 4.90 Å². The van der Waals surface area contributed by atoms with Gasteiger partial charge in [-0.3, -0.25) is 9.69 Å². The summed E-state index contributed by atoms with van der Waals surface area (Å²) in [6.07, 6.45) is 0. The lowest BCUT2D eigenvalue weighted by atomic mass is 10.2. The lowest BCUT2D eigenvalue weighted by Gasteiger charge is -2.20. The first-order chi connectivity index (χ1) is 8.02. The zero-order valence-electron chi connectivity index (χ0n) is 10.6. The average molecular weight is 236 g/mol. The molecule has 0 spiro atoms. The van der Waals surface area contributed by atoms with Crippen molar-refractivity contribution in [3.63, 3.8) is 0 Å². The molecule has 2 N–H and O–H groups in total. The second-order valence-corrected chi connectivity index (χ2v) is 4.42. The Morgan fingerprint density at radius 1 is 1.47 bits per heavy atom. The molecule has 1 aromatic rings. The molecule has 0 bridgehead atoms. The highest BCUT2D eigenvalue weighted by Gasteiger charge is 2.09. The average Bonchev–Trinajstić information content (AvgIpc) is 2.28. The minimum atomic E-state index is -0.0451. The van der Waals surface area contributed by atoms with Crippen LogP contribution >= 0.6 is 0 Å². The molecule has 1 amide bonds. The number of nitrogens with zero attached hydrogens (tertiary/aromatic N) is 1. The summed E-state index contributed by atoms with van der Waals surface area (Å²) in [7, 11) is 1.91. The molecule has 94 valence electrons. The molecule has 0 aromatic heterocycles. The summed E-state index contributed by atoms with van der Waals surface area (Å²) in [4.78, 5) is 13.7. The SMILES string of the molecule is CC(C)N(C)CC(=O)Nc1cccc(CO)c1. The number of nitrogens with one attached hydrogen (secondary N) is 1. The Balaban J connectivity index is 2.55. The van der Waals surface area contributed by atoms with Crippen LogP contribution in [0.1, 0.15) is 19.4 Å². The molecule has 0 atom stereocenters. The van der Waals surface area contributed by atoms with E-state index in [0.717, 1.165) is 11.3 Å². The van der Waals surface area contributed by atoms with Gasteiger partial charge in [-0.05, 0) is 38.6 Å². The van der Waals surface area contributed by atoms with Gasteiger partial charge < -0.3 is 10.4 Å². The van der Waals surface area contributed by atoms with Gasteiger partial charge in [0.1, 0.15) is 0 Å². The Morgan fingerprint density at radius 2 is 2.18 bits per heavy atom. The minimum absolute atomic E-state index is 0.0182. The van der Waals surface area contributed by atoms with Gasteiger partial charge in [-0.15, -0.1) is 0 Å². The van der Waals surface area contributed by atoms with Gasteiger partial charge in [0, 0.05) is 11.7 Å². The van der Waals surface area contributed by atoms with Gasteiger partial charge >= 0.3 is 0 Å². The van der Waals surface area contributed by atoms with E-state index in [0.29, 0.717) is 12.6 Å². The predicted molar refractivity (Wildman–Crippen MR) is 68.8 cm³/mol. The van der Waals surface area contributed by atoms with E-state index in [1.165, 1.54) is 0 Å². The molecule has 0 saturated heterocycles. The van der Waals surface area contributed by atoms with E-state index in [4.69, 9.17) is 5.11 Å². The molecule has 0 aliphatic rings. The number of aliphatic hydroxyl groups excluding tert-OH is 1. The van der Waals surface area contributed by atoms with Crippen LogP contribution in [0.4, 0.5) is 5.69 Å². The lowest BCUT2D eigenvalue weighted by Crippen LogP contribution is -2.34. The van der Waals surface area contributed by atoms with E-state index >= 15 is 0 Å². The van der Waals surface area contributed by atoms with E-state index in [-0.39, 0.29) is 12.5 Å². The smallest absolute Gasteiger partial charge is 0.238 e. The molecular formula is C13H20N2O2. The maximum absolute atomic E-state index is 11.7. The first-order valence-corrected chi connectivity index (χ1v) is 5.73. The van der Waals surface area contributed by atoms with Crippen molar-refractivity contribution in [2.45, 2.75) is 26.5 Å². The second kappa shape index (κ2) is 6.37. The number of amides is 1. The highest BCUT2D eigenvalue weighted by Crippen LogP contribution is 2.10. The highest BCUT2D eigenvalue weighted by molar-refractivity contribution is 5.92. The normalized spacial score (nSPS) is 10.9. The van der Waals surface area contributed by atoms with Crippen molar-refractivity contribution in [2.75, 3.05) is 18.9 Å². The zero-order chi connectivity index (χ0) is 12.8. The quantitative estimate of drug-likeness (QED) is 0.813. The van der Waals surface area contributed by atoms with Crippen LogP contribution < -0.4 is 5.32 Å². The third-order valence-electron chi connectivity index (χ3n) is 2.67. The maximum atomic E-state index is 11.7. The van der Waals surface area contributed by atoms with Gasteiger partial charge in [0.2, 0.25) is 5.91 Å². The summed E-state index contributed by atoms with van der Waals surface area (Å²) in [5.41, 5.74) is 1.51. The van der Waals surface area contributed by atoms with Crippen molar-refractivity contribution >= 4 is 11.6 Å². The lowest BCUT2D eigenvalue weighted by molar-refractivity contribution is -0.117. The van der Waals surface area contributed by atoms with Crippen LogP contribution in [0.25, 0.3) is 0 Å². The molecule has 0 unspecified atom stereocenters. The molecule has 0 aliphatic heterocycles. The zero-order valence-corrected chi connectivity index (χ0v) is 10.6. The molecule has 4 heteroatoms. The summed E-state index contributed by atoms with van der Waals surface area (Å²) in [5, 5.41) is 11.8. The van der Waals surface area contributed by atoms with Gasteiger partial charge in [-0.2, -0.15) is 0 Å². The number of aliphatic hydroxyl groups is 1. The fourth-order valence-corrected chi connectivity index (χ4v) is 1.36. The number of carbonyl (C=O) groups is 1. The van der Waals surface area contributed by atoms with Crippen LogP contribution in [0.5, 0.6) is 0 Å². The summed E-state index contributed by atoms with van der Waals surface area (Å²) < 4.78 is 0. The van der Waals surface area contributed by atoms with Gasteiger partial charge in [-0.1, -0.05) is 12.1 Å². The molecule has 0 radical (unpaired) electrons. The molecule has 0 heterocycles. The summed E-state index contributed by atoms with van der Waals surface area (Å²) in [6, 6.07) is 7.55. The van der Waals surface area contributed by atoms with E-state index < -0.39 is 0 Å². The topological polar surface area (TPSA) is 52.6 Å². The maximum Gasteiger partial charge on any atom is 0.238 e. The monoisotopic (exact) mass is 236 g/mol. The third kappa shape index (κ3) is 4.54. The van der Waals surface area contributed by atoms with Crippen LogP contribution in [0.3, 0.4) is 0 Å². The van der Waals surface area contributed by atoms with Crippen molar-refractivity contribution in [2.24, 2.45) is 0 Å². The number of anilines is 1. The Morgan fingerprint density at radius 3 is 2.76 bits per heavy atom. The van der Waals surface area contributed by atoms with Crippen LogP contribution in [0, 0.1) is 0 Å². The van der Waals surface area contributed by atoms with E-state index in [1.807, 2.05) is 44.0 Å². The van der Waals surface area contributed by atoms with E-state index in [1.54, 1.807) is 6.07 Å². The molecule has 1 rings (SSSR count). The van der Waals surface area contributed by atoms with Gasteiger partial charge in [-0.25, -0.2) is 0 Å². The summed E-state index contributed by atoms with van der Waals surface area (Å²) >= 11 is 0. The Hall–Kier alpha value is -1.39. The summed E-state index contributed by atoms with van der Waals surface area (Å²) in [6.45, 7) is 4.43. The molecule has 1 aromatic carbocycles. The fourth-order valence-electron chi connectivity index (χ4n) is 1.36. The highest BCUT2D eigenvalue weighted by atomic mass is 16.3. The second-order valence-electron chi connectivity index (χ2n) is 4.42. The summed E-state index contributed by atoms with van der Waals surface area (Å²) in [5.74, 6) is -0.0451. The van der Waals surface area contributed by atoms with Crippen molar-refractivity contribution in [1.29, 1.82) is 0 Å². The van der Waals surface area contributed by atoms with Crippen LogP contribution in [0.2, 0.25) is 0 Å². The van der Waals surface area contributed by atoms with Crippen molar-refractivity contribution in [3.05, 3.63) is 29.8 Å². The molecule has 0 aliphatic carbocycles. The minimum Gasteiger partial charge on any atom is -0.392 e. The van der Waals surface area contributed by atoms with Crippen LogP contribution in [-0.2, 0) is 11.4 Å². The van der Waals surface area contributed by atoms with Crippen LogP contribution in [-0.4, -0.2) is 35.5 Å². The standard InChI is InChI=1S/C13H20N2O2/c1-10(2)15(3)8-13(17)14-12-6-4-5-11(7-12)9-16/h4-7,10,16H,8-9H2,1-3H3,(H,14,17). The molecular weight excluding hydrogens is 216 g/mol. The Kier molecular flexibility index (Phi) is 5.12. The van der Waals surface area contributed by atoms with Gasteiger partial charge in [0.15, 0.2) is 0 Å². The largest absolute Gasteiger partial charge is 0.392 e. The third-order valence-corrected chi connectivity index (χ3v) is 2.67. The number of benzene rings is 1. The number of hydrogen-bond acceptors (Lipinski definition) is 3. The fraction of sp³-hybridized carbons (Fsp3) is 0.462. The van der Waals surface area contributed by atoms with E-state index in [2.05, 4.69) is 5.32 Å². The number of carbonyl (C=O) groups excluding carboxylic acids is 1.